The first-order chi connectivity index (χ1) is 14.8. The van der Waals surface area contributed by atoms with Crippen molar-refractivity contribution in [2.75, 3.05) is 13.2 Å². The molecule has 0 aliphatic heterocycles. The predicted molar refractivity (Wildman–Crippen MR) is 128 cm³/mol. The van der Waals surface area contributed by atoms with Gasteiger partial charge in [0.05, 0.1) is 6.61 Å². The second-order valence-electron chi connectivity index (χ2n) is 7.87. The third kappa shape index (κ3) is 8.91. The summed E-state index contributed by atoms with van der Waals surface area (Å²) in [6, 6.07) is 14.3. The second-order valence-corrected chi connectivity index (χ2v) is 9.22. The maximum Gasteiger partial charge on any atom is 0.242 e. The third-order valence-corrected chi connectivity index (χ3v) is 5.46. The molecule has 0 fully saturated rings. The van der Waals surface area contributed by atoms with Gasteiger partial charge in [-0.1, -0.05) is 53.5 Å². The van der Waals surface area contributed by atoms with Gasteiger partial charge in [-0.05, 0) is 61.2 Å². The number of nitrogens with zero attached hydrogens (tertiary/aromatic N) is 1. The van der Waals surface area contributed by atoms with Crippen LogP contribution in [-0.4, -0.2) is 35.9 Å². The lowest BCUT2D eigenvalue weighted by Crippen LogP contribution is -2.48. The number of benzene rings is 2. The van der Waals surface area contributed by atoms with Crippen LogP contribution < -0.4 is 10.1 Å². The molecule has 168 valence electrons. The zero-order valence-corrected chi connectivity index (χ0v) is 20.6. The van der Waals surface area contributed by atoms with E-state index < -0.39 is 6.04 Å². The number of ether oxygens (including phenoxy) is 1. The van der Waals surface area contributed by atoms with Crippen LogP contribution in [0.5, 0.6) is 5.75 Å². The van der Waals surface area contributed by atoms with Crippen LogP contribution in [0.3, 0.4) is 0 Å². The quantitative estimate of drug-likeness (QED) is 0.410. The average molecular weight is 510 g/mol. The summed E-state index contributed by atoms with van der Waals surface area (Å²) in [4.78, 5) is 27.3. The standard InChI is InChI=1S/C24H30BrClN2O3/c1-17(2)15-27-24(30)18(3)28(16-19-6-4-7-20(25)14-19)23(29)8-5-13-31-22-11-9-21(26)10-12-22/h4,6-7,9-12,14,17-18H,5,8,13,15-16H2,1-3H3,(H,27,30). The van der Waals surface area contributed by atoms with Gasteiger partial charge in [-0.15, -0.1) is 0 Å². The molecule has 0 heterocycles. The molecule has 0 bridgehead atoms. The van der Waals surface area contributed by atoms with Crippen molar-refractivity contribution >= 4 is 39.3 Å². The van der Waals surface area contributed by atoms with Gasteiger partial charge in [-0.25, -0.2) is 0 Å². The molecule has 0 radical (unpaired) electrons. The van der Waals surface area contributed by atoms with E-state index in [2.05, 4.69) is 21.2 Å². The molecule has 0 spiro atoms. The van der Waals surface area contributed by atoms with E-state index >= 15 is 0 Å². The van der Waals surface area contributed by atoms with Gasteiger partial charge in [0.15, 0.2) is 0 Å². The number of nitrogens with one attached hydrogen (secondary N) is 1. The molecular weight excluding hydrogens is 480 g/mol. The molecule has 2 aromatic rings. The van der Waals surface area contributed by atoms with Gasteiger partial charge in [0.1, 0.15) is 11.8 Å². The van der Waals surface area contributed by atoms with Crippen molar-refractivity contribution in [1.82, 2.24) is 10.2 Å². The van der Waals surface area contributed by atoms with Gasteiger partial charge >= 0.3 is 0 Å². The summed E-state index contributed by atoms with van der Waals surface area (Å²) in [6.45, 7) is 7.21. The van der Waals surface area contributed by atoms with Crippen molar-refractivity contribution < 1.29 is 14.3 Å². The summed E-state index contributed by atoms with van der Waals surface area (Å²) < 4.78 is 6.62. The number of hydrogen-bond donors (Lipinski definition) is 1. The molecule has 0 saturated heterocycles. The maximum absolute atomic E-state index is 13.0. The lowest BCUT2D eigenvalue weighted by Gasteiger charge is -2.29. The summed E-state index contributed by atoms with van der Waals surface area (Å²) in [6.07, 6.45) is 0.847. The fourth-order valence-electron chi connectivity index (χ4n) is 2.95. The predicted octanol–water partition coefficient (Wildman–Crippen LogP) is 5.45. The highest BCUT2D eigenvalue weighted by molar-refractivity contribution is 9.10. The Morgan fingerprint density at radius 2 is 1.84 bits per heavy atom. The van der Waals surface area contributed by atoms with E-state index in [1.807, 2.05) is 38.1 Å². The number of carbonyl (C=O) groups is 2. The average Bonchev–Trinajstić information content (AvgIpc) is 2.74. The van der Waals surface area contributed by atoms with Gasteiger partial charge in [-0.3, -0.25) is 9.59 Å². The van der Waals surface area contributed by atoms with E-state index in [4.69, 9.17) is 16.3 Å². The Morgan fingerprint density at radius 1 is 1.13 bits per heavy atom. The monoisotopic (exact) mass is 508 g/mol. The number of halogens is 2. The Kier molecular flexibility index (Phi) is 10.3. The van der Waals surface area contributed by atoms with Gasteiger partial charge in [-0.2, -0.15) is 0 Å². The molecule has 2 amide bonds. The minimum absolute atomic E-state index is 0.0770. The van der Waals surface area contributed by atoms with E-state index in [9.17, 15) is 9.59 Å². The van der Waals surface area contributed by atoms with Crippen LogP contribution >= 0.6 is 27.5 Å². The maximum atomic E-state index is 13.0. The summed E-state index contributed by atoms with van der Waals surface area (Å²) in [5.41, 5.74) is 0.962. The van der Waals surface area contributed by atoms with Crippen LogP contribution in [0.15, 0.2) is 53.0 Å². The molecule has 0 aliphatic carbocycles. The highest BCUT2D eigenvalue weighted by Crippen LogP contribution is 2.18. The Hall–Kier alpha value is -2.05. The fourth-order valence-corrected chi connectivity index (χ4v) is 3.53. The molecule has 2 aromatic carbocycles. The normalized spacial score (nSPS) is 11.8. The summed E-state index contributed by atoms with van der Waals surface area (Å²) in [5, 5.41) is 3.58. The zero-order valence-electron chi connectivity index (χ0n) is 18.2. The molecule has 0 saturated carbocycles. The van der Waals surface area contributed by atoms with E-state index in [1.54, 1.807) is 36.1 Å². The largest absolute Gasteiger partial charge is 0.494 e. The van der Waals surface area contributed by atoms with Crippen LogP contribution in [-0.2, 0) is 16.1 Å². The molecule has 0 aliphatic rings. The first-order valence-corrected chi connectivity index (χ1v) is 11.6. The summed E-state index contributed by atoms with van der Waals surface area (Å²) in [5.74, 6) is 0.834. The van der Waals surface area contributed by atoms with Gasteiger partial charge in [0.25, 0.3) is 0 Å². The fraction of sp³-hybridized carbons (Fsp3) is 0.417. The van der Waals surface area contributed by atoms with Crippen LogP contribution in [0.25, 0.3) is 0 Å². The summed E-state index contributed by atoms with van der Waals surface area (Å²) in [7, 11) is 0. The van der Waals surface area contributed by atoms with E-state index in [0.29, 0.717) is 49.2 Å². The highest BCUT2D eigenvalue weighted by atomic mass is 79.9. The van der Waals surface area contributed by atoms with Gasteiger partial charge in [0.2, 0.25) is 11.8 Å². The lowest BCUT2D eigenvalue weighted by atomic mass is 10.1. The SMILES string of the molecule is CC(C)CNC(=O)C(C)N(Cc1cccc(Br)c1)C(=O)CCCOc1ccc(Cl)cc1. The Labute approximate surface area is 198 Å². The molecule has 5 nitrogen and oxygen atoms in total. The minimum atomic E-state index is -0.567. The smallest absolute Gasteiger partial charge is 0.242 e. The topological polar surface area (TPSA) is 58.6 Å². The van der Waals surface area contributed by atoms with Crippen molar-refractivity contribution in [2.45, 2.75) is 46.2 Å². The minimum Gasteiger partial charge on any atom is -0.494 e. The van der Waals surface area contributed by atoms with Crippen molar-refractivity contribution in [1.29, 1.82) is 0 Å². The second kappa shape index (κ2) is 12.7. The molecule has 1 atom stereocenters. The molecule has 2 rings (SSSR count). The van der Waals surface area contributed by atoms with Crippen molar-refractivity contribution in [3.63, 3.8) is 0 Å². The number of rotatable bonds is 11. The Morgan fingerprint density at radius 3 is 2.48 bits per heavy atom. The van der Waals surface area contributed by atoms with Crippen molar-refractivity contribution in [3.8, 4) is 5.75 Å². The Bertz CT molecular complexity index is 858. The number of hydrogen-bond acceptors (Lipinski definition) is 3. The Balaban J connectivity index is 1.98. The van der Waals surface area contributed by atoms with Crippen LogP contribution in [0.1, 0.15) is 39.2 Å². The van der Waals surface area contributed by atoms with Crippen molar-refractivity contribution in [2.24, 2.45) is 5.92 Å². The van der Waals surface area contributed by atoms with Crippen LogP contribution in [0, 0.1) is 5.92 Å². The third-order valence-electron chi connectivity index (χ3n) is 4.71. The lowest BCUT2D eigenvalue weighted by molar-refractivity contribution is -0.140. The van der Waals surface area contributed by atoms with Crippen molar-refractivity contribution in [3.05, 3.63) is 63.6 Å². The van der Waals surface area contributed by atoms with E-state index in [0.717, 1.165) is 10.0 Å². The molecule has 0 aromatic heterocycles. The number of amides is 2. The number of carbonyl (C=O) groups excluding carboxylic acids is 2. The molecule has 7 heteroatoms. The molecule has 1 unspecified atom stereocenters. The summed E-state index contributed by atoms with van der Waals surface area (Å²) >= 11 is 9.35. The van der Waals surface area contributed by atoms with E-state index in [1.165, 1.54) is 0 Å². The van der Waals surface area contributed by atoms with Gasteiger partial charge < -0.3 is 15.0 Å². The molecular formula is C24H30BrClN2O3. The van der Waals surface area contributed by atoms with E-state index in [-0.39, 0.29) is 11.8 Å². The molecule has 1 N–H and O–H groups in total. The van der Waals surface area contributed by atoms with Crippen LogP contribution in [0.4, 0.5) is 0 Å². The highest BCUT2D eigenvalue weighted by Gasteiger charge is 2.25. The van der Waals surface area contributed by atoms with Gasteiger partial charge in [0, 0.05) is 29.0 Å². The first kappa shape index (κ1) is 25.2. The van der Waals surface area contributed by atoms with Crippen LogP contribution in [0.2, 0.25) is 5.02 Å². The zero-order chi connectivity index (χ0) is 22.8. The molecule has 31 heavy (non-hydrogen) atoms. The first-order valence-electron chi connectivity index (χ1n) is 10.5.